The van der Waals surface area contributed by atoms with Crippen LogP contribution in [0.3, 0.4) is 0 Å². The van der Waals surface area contributed by atoms with E-state index in [1.807, 2.05) is 4.90 Å². The van der Waals surface area contributed by atoms with E-state index in [1.165, 1.54) is 12.1 Å². The van der Waals surface area contributed by atoms with Crippen molar-refractivity contribution in [1.29, 1.82) is 0 Å². The molecule has 0 saturated carbocycles. The molecule has 0 aliphatic carbocycles. The number of ether oxygens (including phenoxy) is 1. The first-order chi connectivity index (χ1) is 8.22. The maximum atomic E-state index is 13.2. The Morgan fingerprint density at radius 1 is 1.41 bits per heavy atom. The Hall–Kier alpha value is -1.46. The van der Waals surface area contributed by atoms with Gasteiger partial charge in [-0.15, -0.1) is 0 Å². The Kier molecular flexibility index (Phi) is 3.71. The minimum Gasteiger partial charge on any atom is -0.378 e. The van der Waals surface area contributed by atoms with E-state index in [0.717, 1.165) is 5.69 Å². The average Bonchev–Trinajstić information content (AvgIpc) is 2.38. The second-order valence-corrected chi connectivity index (χ2v) is 3.89. The molecular formula is C12H15FN2O2. The lowest BCUT2D eigenvalue weighted by molar-refractivity contribution is 0.0999. The molecule has 1 aliphatic heterocycles. The third-order valence-corrected chi connectivity index (χ3v) is 2.80. The Morgan fingerprint density at radius 2 is 2.12 bits per heavy atom. The standard InChI is InChI=1S/C12H15FN2O2/c13-9-1-2-11(10(7-9)12(16)8-14)15-3-5-17-6-4-15/h1-2,7H,3-6,8,14H2. The molecule has 4 nitrogen and oxygen atoms in total. The van der Waals surface area contributed by atoms with Gasteiger partial charge in [-0.3, -0.25) is 4.79 Å². The van der Waals surface area contributed by atoms with Crippen molar-refractivity contribution in [3.63, 3.8) is 0 Å². The fraction of sp³-hybridized carbons (Fsp3) is 0.417. The van der Waals surface area contributed by atoms with Gasteiger partial charge in [0.05, 0.1) is 19.8 Å². The van der Waals surface area contributed by atoms with Crippen LogP contribution in [-0.2, 0) is 4.74 Å². The van der Waals surface area contributed by atoms with Gasteiger partial charge in [-0.2, -0.15) is 0 Å². The Labute approximate surface area is 99.2 Å². The van der Waals surface area contributed by atoms with Crippen molar-refractivity contribution < 1.29 is 13.9 Å². The Morgan fingerprint density at radius 3 is 2.76 bits per heavy atom. The minimum absolute atomic E-state index is 0.110. The van der Waals surface area contributed by atoms with Crippen LogP contribution in [0.4, 0.5) is 10.1 Å². The maximum Gasteiger partial charge on any atom is 0.178 e. The number of carbonyl (C=O) groups excluding carboxylic acids is 1. The van der Waals surface area contributed by atoms with Crippen molar-refractivity contribution in [2.24, 2.45) is 5.73 Å². The highest BCUT2D eigenvalue weighted by Gasteiger charge is 2.18. The van der Waals surface area contributed by atoms with Crippen molar-refractivity contribution in [1.82, 2.24) is 0 Å². The predicted molar refractivity (Wildman–Crippen MR) is 62.8 cm³/mol. The molecule has 0 bridgehead atoms. The topological polar surface area (TPSA) is 55.6 Å². The van der Waals surface area contributed by atoms with Crippen LogP contribution in [0.2, 0.25) is 0 Å². The molecule has 0 amide bonds. The van der Waals surface area contributed by atoms with E-state index in [-0.39, 0.29) is 12.3 Å². The monoisotopic (exact) mass is 238 g/mol. The molecular weight excluding hydrogens is 223 g/mol. The van der Waals surface area contributed by atoms with Gasteiger partial charge in [0.2, 0.25) is 0 Å². The highest BCUT2D eigenvalue weighted by molar-refractivity contribution is 6.02. The number of hydrogen-bond acceptors (Lipinski definition) is 4. The number of ketones is 1. The second kappa shape index (κ2) is 5.25. The van der Waals surface area contributed by atoms with E-state index in [1.54, 1.807) is 6.07 Å². The normalized spacial score (nSPS) is 16.0. The summed E-state index contributed by atoms with van der Waals surface area (Å²) in [4.78, 5) is 13.7. The molecule has 1 fully saturated rings. The summed E-state index contributed by atoms with van der Waals surface area (Å²) in [7, 11) is 0. The number of hydrogen-bond donors (Lipinski definition) is 1. The van der Waals surface area contributed by atoms with Crippen molar-refractivity contribution in [3.05, 3.63) is 29.6 Å². The molecule has 1 saturated heterocycles. The third kappa shape index (κ3) is 2.62. The highest BCUT2D eigenvalue weighted by atomic mass is 19.1. The summed E-state index contributed by atoms with van der Waals surface area (Å²) in [5.74, 6) is -0.662. The first-order valence-corrected chi connectivity index (χ1v) is 5.58. The van der Waals surface area contributed by atoms with Gasteiger partial charge in [-0.1, -0.05) is 0 Å². The first-order valence-electron chi connectivity index (χ1n) is 5.58. The molecule has 1 aromatic carbocycles. The van der Waals surface area contributed by atoms with E-state index in [2.05, 4.69) is 0 Å². The zero-order chi connectivity index (χ0) is 12.3. The van der Waals surface area contributed by atoms with Gasteiger partial charge in [-0.25, -0.2) is 4.39 Å². The van der Waals surface area contributed by atoms with Crippen LogP contribution < -0.4 is 10.6 Å². The predicted octanol–water partition coefficient (Wildman–Crippen LogP) is 0.804. The number of nitrogens with two attached hydrogens (primary N) is 1. The van der Waals surface area contributed by atoms with Crippen LogP contribution in [-0.4, -0.2) is 38.6 Å². The zero-order valence-electron chi connectivity index (χ0n) is 9.49. The van der Waals surface area contributed by atoms with Gasteiger partial charge in [-0.05, 0) is 18.2 Å². The summed E-state index contributed by atoms with van der Waals surface area (Å²) in [6.45, 7) is 2.54. The van der Waals surface area contributed by atoms with Crippen molar-refractivity contribution in [3.8, 4) is 0 Å². The molecule has 2 rings (SSSR count). The SMILES string of the molecule is NCC(=O)c1cc(F)ccc1N1CCOCC1. The van der Waals surface area contributed by atoms with Crippen LogP contribution in [0.1, 0.15) is 10.4 Å². The number of carbonyl (C=O) groups is 1. The maximum absolute atomic E-state index is 13.2. The van der Waals surface area contributed by atoms with E-state index in [4.69, 9.17) is 10.5 Å². The lowest BCUT2D eigenvalue weighted by Gasteiger charge is -2.30. The quantitative estimate of drug-likeness (QED) is 0.791. The molecule has 1 aromatic rings. The number of nitrogens with zero attached hydrogens (tertiary/aromatic N) is 1. The lowest BCUT2D eigenvalue weighted by Crippen LogP contribution is -2.37. The largest absolute Gasteiger partial charge is 0.378 e. The van der Waals surface area contributed by atoms with Gasteiger partial charge >= 0.3 is 0 Å². The fourth-order valence-corrected chi connectivity index (χ4v) is 1.92. The van der Waals surface area contributed by atoms with Gasteiger partial charge in [0.1, 0.15) is 5.82 Å². The molecule has 0 atom stereocenters. The number of halogens is 1. The summed E-state index contributed by atoms with van der Waals surface area (Å²) < 4.78 is 18.4. The summed E-state index contributed by atoms with van der Waals surface area (Å²) in [6, 6.07) is 4.24. The number of anilines is 1. The van der Waals surface area contributed by atoms with Crippen LogP contribution in [0.15, 0.2) is 18.2 Å². The molecule has 0 spiro atoms. The summed E-state index contributed by atoms with van der Waals surface area (Å²) in [5, 5.41) is 0. The van der Waals surface area contributed by atoms with Crippen LogP contribution >= 0.6 is 0 Å². The second-order valence-electron chi connectivity index (χ2n) is 3.89. The highest BCUT2D eigenvalue weighted by Crippen LogP contribution is 2.23. The van der Waals surface area contributed by atoms with E-state index in [9.17, 15) is 9.18 Å². The zero-order valence-corrected chi connectivity index (χ0v) is 9.49. The van der Waals surface area contributed by atoms with Crippen molar-refractivity contribution >= 4 is 11.5 Å². The van der Waals surface area contributed by atoms with Gasteiger partial charge in [0, 0.05) is 24.3 Å². The Bertz CT molecular complexity index is 417. The summed E-state index contributed by atoms with van der Waals surface area (Å²) in [5.41, 5.74) is 6.43. The molecule has 0 unspecified atom stereocenters. The van der Waals surface area contributed by atoms with E-state index in [0.29, 0.717) is 31.9 Å². The van der Waals surface area contributed by atoms with E-state index < -0.39 is 5.82 Å². The molecule has 92 valence electrons. The van der Waals surface area contributed by atoms with Gasteiger partial charge in [0.25, 0.3) is 0 Å². The molecule has 17 heavy (non-hydrogen) atoms. The Balaban J connectivity index is 2.34. The van der Waals surface area contributed by atoms with Gasteiger partial charge in [0.15, 0.2) is 5.78 Å². The van der Waals surface area contributed by atoms with Gasteiger partial charge < -0.3 is 15.4 Å². The smallest absolute Gasteiger partial charge is 0.178 e. The van der Waals surface area contributed by atoms with Crippen molar-refractivity contribution in [2.45, 2.75) is 0 Å². The molecule has 2 N–H and O–H groups in total. The lowest BCUT2D eigenvalue weighted by atomic mass is 10.1. The summed E-state index contributed by atoms with van der Waals surface area (Å²) >= 11 is 0. The van der Waals surface area contributed by atoms with Crippen LogP contribution in [0, 0.1) is 5.82 Å². The van der Waals surface area contributed by atoms with Crippen LogP contribution in [0.25, 0.3) is 0 Å². The number of morpholine rings is 1. The fourth-order valence-electron chi connectivity index (χ4n) is 1.92. The number of benzene rings is 1. The van der Waals surface area contributed by atoms with Crippen LogP contribution in [0.5, 0.6) is 0 Å². The molecule has 5 heteroatoms. The number of rotatable bonds is 3. The molecule has 0 aromatic heterocycles. The molecule has 1 heterocycles. The first kappa shape index (κ1) is 12.0. The molecule has 1 aliphatic rings. The third-order valence-electron chi connectivity index (χ3n) is 2.80. The van der Waals surface area contributed by atoms with Crippen molar-refractivity contribution in [2.75, 3.05) is 37.7 Å². The molecule has 0 radical (unpaired) electrons. The minimum atomic E-state index is -0.418. The number of Topliss-reactive ketones (excluding diaryl/α,β-unsaturated/α-hetero) is 1. The average molecular weight is 238 g/mol. The summed E-state index contributed by atoms with van der Waals surface area (Å²) in [6.07, 6.45) is 0. The van der Waals surface area contributed by atoms with E-state index >= 15 is 0 Å².